The molecule has 0 saturated carbocycles. The topological polar surface area (TPSA) is 46.3 Å². The van der Waals surface area contributed by atoms with Gasteiger partial charge in [-0.15, -0.1) is 11.3 Å². The summed E-state index contributed by atoms with van der Waals surface area (Å²) < 4.78 is 1.51. The molecule has 0 fully saturated rings. The highest BCUT2D eigenvalue weighted by Crippen LogP contribution is 2.24. The zero-order valence-electron chi connectivity index (χ0n) is 10.2. The quantitative estimate of drug-likeness (QED) is 0.841. The summed E-state index contributed by atoms with van der Waals surface area (Å²) in [4.78, 5) is 14.9. The molecule has 3 nitrogen and oxygen atoms in total. The number of rotatable bonds is 3. The lowest BCUT2D eigenvalue weighted by Gasteiger charge is -2.16. The lowest BCUT2D eigenvalue weighted by molar-refractivity contribution is 0.0786. The van der Waals surface area contributed by atoms with Gasteiger partial charge in [-0.3, -0.25) is 4.79 Å². The molecule has 0 atom stereocenters. The van der Waals surface area contributed by atoms with Crippen LogP contribution in [0.3, 0.4) is 0 Å². The zero-order valence-corrected chi connectivity index (χ0v) is 13.3. The Balaban J connectivity index is 2.12. The molecule has 1 aromatic carbocycles. The normalized spacial score (nSPS) is 10.5. The molecule has 0 unspecified atom stereocenters. The van der Waals surface area contributed by atoms with Gasteiger partial charge in [-0.05, 0) is 46.3 Å². The largest absolute Gasteiger partial charge is 0.398 e. The van der Waals surface area contributed by atoms with E-state index in [1.54, 1.807) is 30.1 Å². The molecule has 2 rings (SSSR count). The Morgan fingerprint density at radius 2 is 2.16 bits per heavy atom. The second-order valence-corrected chi connectivity index (χ2v) is 6.76. The first-order valence-corrected chi connectivity index (χ1v) is 7.51. The van der Waals surface area contributed by atoms with Crippen molar-refractivity contribution in [1.82, 2.24) is 4.90 Å². The maximum atomic E-state index is 12.2. The molecule has 0 saturated heterocycles. The summed E-state index contributed by atoms with van der Waals surface area (Å²) >= 11 is 10.7. The van der Waals surface area contributed by atoms with Crippen molar-refractivity contribution in [3.8, 4) is 0 Å². The number of amides is 1. The highest BCUT2D eigenvalue weighted by molar-refractivity contribution is 9.10. The van der Waals surface area contributed by atoms with E-state index in [-0.39, 0.29) is 5.91 Å². The van der Waals surface area contributed by atoms with Crippen molar-refractivity contribution >= 4 is 50.5 Å². The Bertz CT molecular complexity index is 614. The molecule has 19 heavy (non-hydrogen) atoms. The summed E-state index contributed by atoms with van der Waals surface area (Å²) in [5, 5.41) is 0. The monoisotopic (exact) mass is 358 g/mol. The SMILES string of the molecule is CN(Cc1ccc(Cl)s1)C(=O)c1ccc(Br)c(N)c1. The number of halogens is 2. The van der Waals surface area contributed by atoms with Crippen LogP contribution in [0.5, 0.6) is 0 Å². The number of hydrogen-bond acceptors (Lipinski definition) is 3. The van der Waals surface area contributed by atoms with Gasteiger partial charge in [0.05, 0.1) is 10.9 Å². The van der Waals surface area contributed by atoms with Gasteiger partial charge in [0.15, 0.2) is 0 Å². The molecular weight excluding hydrogens is 348 g/mol. The lowest BCUT2D eigenvalue weighted by atomic mass is 10.2. The van der Waals surface area contributed by atoms with Crippen LogP contribution in [0.25, 0.3) is 0 Å². The fraction of sp³-hybridized carbons (Fsp3) is 0.154. The van der Waals surface area contributed by atoms with E-state index in [0.29, 0.717) is 17.8 Å². The zero-order chi connectivity index (χ0) is 14.0. The average Bonchev–Trinajstić information content (AvgIpc) is 2.77. The predicted octanol–water partition coefficient (Wildman–Crippen LogP) is 4.02. The third-order valence-electron chi connectivity index (χ3n) is 2.61. The van der Waals surface area contributed by atoms with E-state index in [2.05, 4.69) is 15.9 Å². The number of nitrogens with two attached hydrogens (primary N) is 1. The molecule has 2 aromatic rings. The third kappa shape index (κ3) is 3.49. The van der Waals surface area contributed by atoms with Crippen molar-refractivity contribution in [2.45, 2.75) is 6.54 Å². The van der Waals surface area contributed by atoms with Gasteiger partial charge in [0.2, 0.25) is 0 Å². The van der Waals surface area contributed by atoms with E-state index in [9.17, 15) is 4.79 Å². The van der Waals surface area contributed by atoms with E-state index < -0.39 is 0 Å². The summed E-state index contributed by atoms with van der Waals surface area (Å²) in [6.07, 6.45) is 0. The van der Waals surface area contributed by atoms with E-state index in [4.69, 9.17) is 17.3 Å². The first-order chi connectivity index (χ1) is 8.97. The summed E-state index contributed by atoms with van der Waals surface area (Å²) in [6, 6.07) is 8.95. The molecule has 1 amide bonds. The first kappa shape index (κ1) is 14.4. The molecule has 2 N–H and O–H groups in total. The minimum atomic E-state index is -0.0660. The van der Waals surface area contributed by atoms with Crippen LogP contribution >= 0.6 is 38.9 Å². The van der Waals surface area contributed by atoms with Gasteiger partial charge in [-0.2, -0.15) is 0 Å². The fourth-order valence-corrected chi connectivity index (χ4v) is 3.03. The molecule has 0 aliphatic carbocycles. The van der Waals surface area contributed by atoms with Gasteiger partial charge < -0.3 is 10.6 Å². The maximum absolute atomic E-state index is 12.2. The van der Waals surface area contributed by atoms with E-state index >= 15 is 0 Å². The standard InChI is InChI=1S/C13H12BrClN2OS/c1-17(7-9-3-5-12(15)19-9)13(18)8-2-4-10(14)11(16)6-8/h2-6H,7,16H2,1H3. The van der Waals surface area contributed by atoms with Crippen molar-refractivity contribution in [3.05, 3.63) is 49.6 Å². The van der Waals surface area contributed by atoms with Crippen molar-refractivity contribution in [3.63, 3.8) is 0 Å². The van der Waals surface area contributed by atoms with Gasteiger partial charge in [0.1, 0.15) is 0 Å². The number of thiophene rings is 1. The van der Waals surface area contributed by atoms with E-state index in [0.717, 1.165) is 13.7 Å². The summed E-state index contributed by atoms with van der Waals surface area (Å²) in [6.45, 7) is 0.534. The number of nitrogen functional groups attached to an aromatic ring is 1. The molecule has 1 heterocycles. The van der Waals surface area contributed by atoms with E-state index in [1.807, 2.05) is 12.1 Å². The van der Waals surface area contributed by atoms with Gasteiger partial charge in [-0.25, -0.2) is 0 Å². The van der Waals surface area contributed by atoms with Crippen LogP contribution in [0.4, 0.5) is 5.69 Å². The van der Waals surface area contributed by atoms with Gasteiger partial charge >= 0.3 is 0 Å². The van der Waals surface area contributed by atoms with Crippen LogP contribution in [-0.2, 0) is 6.54 Å². The number of carbonyl (C=O) groups excluding carboxylic acids is 1. The Kier molecular flexibility index (Phi) is 4.50. The Morgan fingerprint density at radius 3 is 2.74 bits per heavy atom. The van der Waals surface area contributed by atoms with Crippen molar-refractivity contribution < 1.29 is 4.79 Å². The second kappa shape index (κ2) is 5.94. The van der Waals surface area contributed by atoms with Crippen molar-refractivity contribution in [2.75, 3.05) is 12.8 Å². The highest BCUT2D eigenvalue weighted by Gasteiger charge is 2.13. The molecule has 0 bridgehead atoms. The summed E-state index contributed by atoms with van der Waals surface area (Å²) in [5.41, 5.74) is 6.91. The Morgan fingerprint density at radius 1 is 1.42 bits per heavy atom. The number of benzene rings is 1. The van der Waals surface area contributed by atoms with Crippen molar-refractivity contribution in [2.24, 2.45) is 0 Å². The van der Waals surface area contributed by atoms with Crippen LogP contribution in [0.1, 0.15) is 15.2 Å². The molecule has 6 heteroatoms. The smallest absolute Gasteiger partial charge is 0.253 e. The fourth-order valence-electron chi connectivity index (χ4n) is 1.64. The first-order valence-electron chi connectivity index (χ1n) is 5.52. The molecule has 0 radical (unpaired) electrons. The van der Waals surface area contributed by atoms with E-state index in [1.165, 1.54) is 11.3 Å². The maximum Gasteiger partial charge on any atom is 0.253 e. The van der Waals surface area contributed by atoms with Gasteiger partial charge in [0, 0.05) is 27.6 Å². The molecule has 0 aliphatic heterocycles. The molecule has 100 valence electrons. The third-order valence-corrected chi connectivity index (χ3v) is 4.55. The minimum Gasteiger partial charge on any atom is -0.398 e. The second-order valence-electron chi connectivity index (χ2n) is 4.10. The Hall–Kier alpha value is -1.04. The molecule has 0 spiro atoms. The van der Waals surface area contributed by atoms with Crippen molar-refractivity contribution in [1.29, 1.82) is 0 Å². The van der Waals surface area contributed by atoms with Gasteiger partial charge in [-0.1, -0.05) is 11.6 Å². The predicted molar refractivity (Wildman–Crippen MR) is 83.7 cm³/mol. The number of anilines is 1. The number of hydrogen-bond donors (Lipinski definition) is 1. The highest BCUT2D eigenvalue weighted by atomic mass is 79.9. The number of nitrogens with zero attached hydrogens (tertiary/aromatic N) is 1. The lowest BCUT2D eigenvalue weighted by Crippen LogP contribution is -2.25. The molecule has 1 aromatic heterocycles. The minimum absolute atomic E-state index is 0.0660. The van der Waals surface area contributed by atoms with Crippen LogP contribution in [0.2, 0.25) is 4.34 Å². The summed E-state index contributed by atoms with van der Waals surface area (Å²) in [5.74, 6) is -0.0660. The number of carbonyl (C=O) groups is 1. The molecule has 0 aliphatic rings. The van der Waals surface area contributed by atoms with Crippen LogP contribution < -0.4 is 5.73 Å². The van der Waals surface area contributed by atoms with Crippen LogP contribution in [-0.4, -0.2) is 17.9 Å². The molecular formula is C13H12BrClN2OS. The Labute approximate surface area is 129 Å². The summed E-state index contributed by atoms with van der Waals surface area (Å²) in [7, 11) is 1.76. The average molecular weight is 360 g/mol. The van der Waals surface area contributed by atoms with Crippen LogP contribution in [0.15, 0.2) is 34.8 Å². The van der Waals surface area contributed by atoms with Gasteiger partial charge in [0.25, 0.3) is 5.91 Å². The van der Waals surface area contributed by atoms with Crippen LogP contribution in [0, 0.1) is 0 Å².